The number of benzene rings is 1. The molecule has 1 aromatic rings. The van der Waals surface area contributed by atoms with Gasteiger partial charge in [0.1, 0.15) is 0 Å². The molecule has 2 rings (SSSR count). The summed E-state index contributed by atoms with van der Waals surface area (Å²) in [7, 11) is -3.17. The van der Waals surface area contributed by atoms with Crippen LogP contribution in [0.4, 0.5) is 0 Å². The Morgan fingerprint density at radius 1 is 1.27 bits per heavy atom. The van der Waals surface area contributed by atoms with Crippen LogP contribution in [-0.2, 0) is 10.0 Å². The van der Waals surface area contributed by atoms with Crippen LogP contribution >= 0.6 is 0 Å². The second kappa shape index (κ2) is 3.70. The Labute approximate surface area is 89.2 Å². The maximum absolute atomic E-state index is 11.2. The Balaban J connectivity index is 2.62. The lowest BCUT2D eigenvalue weighted by Crippen LogP contribution is -2.35. The van der Waals surface area contributed by atoms with Crippen LogP contribution in [0.5, 0.6) is 0 Å². The summed E-state index contributed by atoms with van der Waals surface area (Å²) in [5.41, 5.74) is 0.801. The molecule has 1 aromatic carbocycles. The highest BCUT2D eigenvalue weighted by Crippen LogP contribution is 2.05. The van der Waals surface area contributed by atoms with E-state index in [1.807, 2.05) is 24.3 Å². The van der Waals surface area contributed by atoms with Crippen molar-refractivity contribution in [3.8, 4) is 0 Å². The SMILES string of the molecule is CS(=O)(=O)NC1=c2ccccc2=CCC1. The van der Waals surface area contributed by atoms with Crippen LogP contribution in [0.3, 0.4) is 0 Å². The quantitative estimate of drug-likeness (QED) is 0.762. The zero-order valence-electron chi connectivity index (χ0n) is 8.53. The maximum Gasteiger partial charge on any atom is 0.229 e. The Morgan fingerprint density at radius 2 is 2.00 bits per heavy atom. The van der Waals surface area contributed by atoms with E-state index in [1.165, 1.54) is 6.26 Å². The van der Waals surface area contributed by atoms with E-state index in [9.17, 15) is 8.42 Å². The minimum absolute atomic E-state index is 0.754. The molecule has 0 bridgehead atoms. The lowest BCUT2D eigenvalue weighted by Gasteiger charge is -2.11. The molecule has 15 heavy (non-hydrogen) atoms. The van der Waals surface area contributed by atoms with Gasteiger partial charge in [-0.3, -0.25) is 4.72 Å². The fraction of sp³-hybridized carbons (Fsp3) is 0.273. The standard InChI is InChI=1S/C11H13NO2S/c1-15(13,14)12-11-8-4-6-9-5-2-3-7-10(9)11/h2-3,5-7,12H,4,8H2,1H3. The molecule has 0 saturated heterocycles. The molecule has 0 aromatic heterocycles. The normalized spacial score (nSPS) is 15.4. The van der Waals surface area contributed by atoms with Crippen LogP contribution in [0.15, 0.2) is 24.3 Å². The number of fused-ring (bicyclic) bond motifs is 1. The van der Waals surface area contributed by atoms with Crippen molar-refractivity contribution in [2.75, 3.05) is 6.26 Å². The first-order valence-corrected chi connectivity index (χ1v) is 6.71. The average Bonchev–Trinajstić information content (AvgIpc) is 2.16. The van der Waals surface area contributed by atoms with E-state index in [0.29, 0.717) is 0 Å². The molecule has 0 heterocycles. The zero-order chi connectivity index (χ0) is 10.9. The van der Waals surface area contributed by atoms with Gasteiger partial charge in [0.2, 0.25) is 10.0 Å². The molecule has 0 amide bonds. The summed E-state index contributed by atoms with van der Waals surface area (Å²) in [6, 6.07) is 7.82. The Kier molecular flexibility index (Phi) is 2.52. The van der Waals surface area contributed by atoms with Crippen LogP contribution in [0.2, 0.25) is 0 Å². The van der Waals surface area contributed by atoms with Crippen molar-refractivity contribution in [1.29, 1.82) is 0 Å². The fourth-order valence-corrected chi connectivity index (χ4v) is 2.45. The summed E-state index contributed by atoms with van der Waals surface area (Å²) in [6.07, 6.45) is 4.95. The molecule has 1 aliphatic rings. The third-order valence-corrected chi connectivity index (χ3v) is 2.97. The van der Waals surface area contributed by atoms with Crippen LogP contribution in [0, 0.1) is 0 Å². The van der Waals surface area contributed by atoms with Gasteiger partial charge < -0.3 is 0 Å². The molecule has 4 heteroatoms. The summed E-state index contributed by atoms with van der Waals surface area (Å²) in [5, 5.41) is 2.10. The molecule has 80 valence electrons. The molecule has 1 N–H and O–H groups in total. The number of nitrogens with one attached hydrogen (secondary N) is 1. The monoisotopic (exact) mass is 223 g/mol. The van der Waals surface area contributed by atoms with Crippen molar-refractivity contribution in [2.45, 2.75) is 12.8 Å². The van der Waals surface area contributed by atoms with Crippen molar-refractivity contribution in [2.24, 2.45) is 0 Å². The van der Waals surface area contributed by atoms with Gasteiger partial charge in [-0.05, 0) is 18.1 Å². The van der Waals surface area contributed by atoms with Crippen LogP contribution < -0.4 is 15.2 Å². The molecule has 3 nitrogen and oxygen atoms in total. The molecule has 0 aliphatic heterocycles. The highest BCUT2D eigenvalue weighted by molar-refractivity contribution is 7.89. The molecular formula is C11H13NO2S. The van der Waals surface area contributed by atoms with E-state index >= 15 is 0 Å². The summed E-state index contributed by atoms with van der Waals surface area (Å²) in [6.45, 7) is 0. The van der Waals surface area contributed by atoms with E-state index in [2.05, 4.69) is 10.8 Å². The van der Waals surface area contributed by atoms with Gasteiger partial charge in [-0.1, -0.05) is 30.3 Å². The predicted octanol–water partition coefficient (Wildman–Crippen LogP) is -0.0817. The zero-order valence-corrected chi connectivity index (χ0v) is 9.34. The first-order valence-electron chi connectivity index (χ1n) is 4.82. The minimum Gasteiger partial charge on any atom is -0.287 e. The highest BCUT2D eigenvalue weighted by Gasteiger charge is 2.08. The van der Waals surface area contributed by atoms with Crippen LogP contribution in [0.25, 0.3) is 11.8 Å². The van der Waals surface area contributed by atoms with Gasteiger partial charge in [0.25, 0.3) is 0 Å². The van der Waals surface area contributed by atoms with Crippen molar-refractivity contribution in [3.63, 3.8) is 0 Å². The smallest absolute Gasteiger partial charge is 0.229 e. The first-order chi connectivity index (χ1) is 7.06. The van der Waals surface area contributed by atoms with Gasteiger partial charge in [0.05, 0.1) is 6.26 Å². The number of hydrogen-bond acceptors (Lipinski definition) is 2. The summed E-state index contributed by atoms with van der Waals surface area (Å²) < 4.78 is 24.9. The van der Waals surface area contributed by atoms with E-state index in [4.69, 9.17) is 0 Å². The second-order valence-electron chi connectivity index (χ2n) is 3.68. The Hall–Kier alpha value is -1.29. The van der Waals surface area contributed by atoms with Gasteiger partial charge in [0, 0.05) is 10.9 Å². The molecule has 0 atom stereocenters. The van der Waals surface area contributed by atoms with E-state index < -0.39 is 10.0 Å². The van der Waals surface area contributed by atoms with E-state index in [1.54, 1.807) is 0 Å². The maximum atomic E-state index is 11.2. The molecule has 0 unspecified atom stereocenters. The second-order valence-corrected chi connectivity index (χ2v) is 5.43. The number of hydrogen-bond donors (Lipinski definition) is 1. The molecule has 0 spiro atoms. The van der Waals surface area contributed by atoms with E-state index in [0.717, 1.165) is 29.0 Å². The minimum atomic E-state index is -3.17. The molecule has 0 radical (unpaired) electrons. The van der Waals surface area contributed by atoms with Crippen LogP contribution in [0.1, 0.15) is 12.8 Å². The lowest BCUT2D eigenvalue weighted by molar-refractivity contribution is 0.596. The number of rotatable bonds is 2. The summed E-state index contributed by atoms with van der Waals surface area (Å²) in [5.74, 6) is 0. The van der Waals surface area contributed by atoms with Crippen molar-refractivity contribution < 1.29 is 8.42 Å². The Morgan fingerprint density at radius 3 is 2.73 bits per heavy atom. The average molecular weight is 223 g/mol. The highest BCUT2D eigenvalue weighted by atomic mass is 32.2. The molecule has 1 aliphatic carbocycles. The van der Waals surface area contributed by atoms with Crippen LogP contribution in [-0.4, -0.2) is 14.7 Å². The van der Waals surface area contributed by atoms with Crippen molar-refractivity contribution in [3.05, 3.63) is 34.7 Å². The van der Waals surface area contributed by atoms with Gasteiger partial charge in [-0.25, -0.2) is 8.42 Å². The lowest BCUT2D eigenvalue weighted by atomic mass is 10.1. The van der Waals surface area contributed by atoms with Gasteiger partial charge in [0.15, 0.2) is 0 Å². The molecule has 0 fully saturated rings. The number of sulfonamides is 1. The predicted molar refractivity (Wildman–Crippen MR) is 60.8 cm³/mol. The van der Waals surface area contributed by atoms with Gasteiger partial charge in [-0.15, -0.1) is 0 Å². The van der Waals surface area contributed by atoms with Crippen molar-refractivity contribution >= 4 is 21.8 Å². The largest absolute Gasteiger partial charge is 0.287 e. The third kappa shape index (κ3) is 2.39. The van der Waals surface area contributed by atoms with Crippen molar-refractivity contribution in [1.82, 2.24) is 4.72 Å². The molecular weight excluding hydrogens is 210 g/mol. The topological polar surface area (TPSA) is 46.2 Å². The molecule has 0 saturated carbocycles. The third-order valence-electron chi connectivity index (χ3n) is 2.35. The summed E-state index contributed by atoms with van der Waals surface area (Å²) >= 11 is 0. The summed E-state index contributed by atoms with van der Waals surface area (Å²) in [4.78, 5) is 0. The van der Waals surface area contributed by atoms with Gasteiger partial charge in [-0.2, -0.15) is 0 Å². The Bertz CT molecular complexity index is 587. The van der Waals surface area contributed by atoms with Gasteiger partial charge >= 0.3 is 0 Å². The fourth-order valence-electron chi connectivity index (χ4n) is 1.79. The van der Waals surface area contributed by atoms with E-state index in [-0.39, 0.29) is 0 Å². The first kappa shape index (κ1) is 10.2.